The number of para-hydroxylation sites is 1. The molecule has 150 valence electrons. The smallest absolute Gasteiger partial charge is 0.264 e. The number of carbonyl (C=O) groups is 1. The number of aryl methyl sites for hydroxylation is 3. The molecule has 0 saturated heterocycles. The highest BCUT2D eigenvalue weighted by molar-refractivity contribution is 7.92. The fraction of sp³-hybridized carbons (Fsp3) is 0.174. The molecule has 5 nitrogen and oxygen atoms in total. The predicted octanol–water partition coefficient (Wildman–Crippen LogP) is 4.45. The molecule has 1 N–H and O–H groups in total. The van der Waals surface area contributed by atoms with Crippen molar-refractivity contribution < 1.29 is 13.2 Å². The van der Waals surface area contributed by atoms with Gasteiger partial charge in [0.1, 0.15) is 6.54 Å². The first-order valence-electron chi connectivity index (χ1n) is 9.29. The van der Waals surface area contributed by atoms with Crippen LogP contribution in [-0.4, -0.2) is 20.9 Å². The summed E-state index contributed by atoms with van der Waals surface area (Å²) in [6, 6.07) is 20.9. The number of sulfonamides is 1. The van der Waals surface area contributed by atoms with Crippen LogP contribution in [0.3, 0.4) is 0 Å². The van der Waals surface area contributed by atoms with Crippen LogP contribution in [-0.2, 0) is 14.8 Å². The van der Waals surface area contributed by atoms with E-state index in [1.54, 1.807) is 30.3 Å². The number of nitrogens with one attached hydrogen (secondary N) is 1. The third-order valence-electron chi connectivity index (χ3n) is 4.69. The number of hydrogen-bond donors (Lipinski definition) is 1. The van der Waals surface area contributed by atoms with E-state index in [9.17, 15) is 13.2 Å². The maximum Gasteiger partial charge on any atom is 0.264 e. The molecular weight excluding hydrogens is 384 g/mol. The quantitative estimate of drug-likeness (QED) is 0.655. The largest absolute Gasteiger partial charge is 0.324 e. The second-order valence-corrected chi connectivity index (χ2v) is 8.84. The maximum atomic E-state index is 13.3. The van der Waals surface area contributed by atoms with Crippen molar-refractivity contribution in [1.29, 1.82) is 0 Å². The molecule has 3 aromatic rings. The zero-order valence-corrected chi connectivity index (χ0v) is 17.5. The Bertz CT molecular complexity index is 1090. The molecule has 0 fully saturated rings. The Labute approximate surface area is 172 Å². The van der Waals surface area contributed by atoms with E-state index >= 15 is 0 Å². The van der Waals surface area contributed by atoms with Crippen molar-refractivity contribution in [3.05, 3.63) is 89.5 Å². The summed E-state index contributed by atoms with van der Waals surface area (Å²) in [4.78, 5) is 13.0. The van der Waals surface area contributed by atoms with Crippen LogP contribution < -0.4 is 9.62 Å². The summed E-state index contributed by atoms with van der Waals surface area (Å²) in [7, 11) is -3.90. The normalized spacial score (nSPS) is 11.1. The first kappa shape index (κ1) is 20.6. The Morgan fingerprint density at radius 3 is 2.00 bits per heavy atom. The molecule has 1 amide bonds. The molecule has 0 unspecified atom stereocenters. The Balaban J connectivity index is 1.96. The predicted molar refractivity (Wildman–Crippen MR) is 117 cm³/mol. The lowest BCUT2D eigenvalue weighted by Crippen LogP contribution is -2.38. The summed E-state index contributed by atoms with van der Waals surface area (Å²) in [6.45, 7) is 5.41. The van der Waals surface area contributed by atoms with Crippen LogP contribution in [0.25, 0.3) is 0 Å². The van der Waals surface area contributed by atoms with E-state index in [1.807, 2.05) is 51.1 Å². The minimum Gasteiger partial charge on any atom is -0.324 e. The van der Waals surface area contributed by atoms with Crippen LogP contribution in [0.1, 0.15) is 16.7 Å². The number of amides is 1. The summed E-state index contributed by atoms with van der Waals surface area (Å²) in [5.41, 5.74) is 4.00. The Morgan fingerprint density at radius 1 is 0.828 bits per heavy atom. The minimum atomic E-state index is -3.90. The second-order valence-electron chi connectivity index (χ2n) is 6.98. The van der Waals surface area contributed by atoms with Gasteiger partial charge in [0.15, 0.2) is 0 Å². The van der Waals surface area contributed by atoms with Crippen LogP contribution in [0.15, 0.2) is 77.7 Å². The number of anilines is 2. The fourth-order valence-electron chi connectivity index (χ4n) is 3.07. The van der Waals surface area contributed by atoms with Crippen molar-refractivity contribution in [2.75, 3.05) is 16.2 Å². The van der Waals surface area contributed by atoms with E-state index in [1.165, 1.54) is 12.1 Å². The zero-order chi connectivity index (χ0) is 21.0. The standard InChI is InChI=1S/C23H24N2O3S/c1-17-12-14-20(15-13-17)25(29(27,28)21-10-5-4-6-11-21)16-22(26)24-23-18(2)8-7-9-19(23)3/h4-15H,16H2,1-3H3,(H,24,26). The van der Waals surface area contributed by atoms with Crippen LogP contribution in [0.5, 0.6) is 0 Å². The van der Waals surface area contributed by atoms with E-state index in [2.05, 4.69) is 5.32 Å². The summed E-state index contributed by atoms with van der Waals surface area (Å²) in [5, 5.41) is 2.87. The third kappa shape index (κ3) is 4.66. The molecule has 0 saturated carbocycles. The number of hydrogen-bond acceptors (Lipinski definition) is 3. The lowest BCUT2D eigenvalue weighted by molar-refractivity contribution is -0.114. The molecule has 0 bridgehead atoms. The number of carbonyl (C=O) groups excluding carboxylic acids is 1. The highest BCUT2D eigenvalue weighted by Crippen LogP contribution is 2.25. The van der Waals surface area contributed by atoms with Gasteiger partial charge in [-0.1, -0.05) is 54.1 Å². The van der Waals surface area contributed by atoms with Crippen molar-refractivity contribution in [3.8, 4) is 0 Å². The van der Waals surface area contributed by atoms with Crippen molar-refractivity contribution in [2.45, 2.75) is 25.7 Å². The first-order chi connectivity index (χ1) is 13.8. The van der Waals surface area contributed by atoms with Crippen molar-refractivity contribution in [2.24, 2.45) is 0 Å². The average Bonchev–Trinajstić information content (AvgIpc) is 2.70. The molecular formula is C23H24N2O3S. The van der Waals surface area contributed by atoms with Gasteiger partial charge in [-0.2, -0.15) is 0 Å². The number of nitrogens with zero attached hydrogens (tertiary/aromatic N) is 1. The topological polar surface area (TPSA) is 66.5 Å². The van der Waals surface area contributed by atoms with E-state index in [-0.39, 0.29) is 11.4 Å². The molecule has 0 radical (unpaired) electrons. The third-order valence-corrected chi connectivity index (χ3v) is 6.47. The molecule has 0 aliphatic heterocycles. The number of benzene rings is 3. The van der Waals surface area contributed by atoms with Gasteiger partial charge in [0.05, 0.1) is 10.6 Å². The van der Waals surface area contributed by atoms with E-state index in [0.717, 1.165) is 21.0 Å². The van der Waals surface area contributed by atoms with E-state index in [4.69, 9.17) is 0 Å². The van der Waals surface area contributed by atoms with E-state index in [0.29, 0.717) is 11.4 Å². The van der Waals surface area contributed by atoms with Gasteiger partial charge in [-0.25, -0.2) is 8.42 Å². The highest BCUT2D eigenvalue weighted by Gasteiger charge is 2.27. The highest BCUT2D eigenvalue weighted by atomic mass is 32.2. The summed E-state index contributed by atoms with van der Waals surface area (Å²) < 4.78 is 27.7. The van der Waals surface area contributed by atoms with Gasteiger partial charge in [0.25, 0.3) is 10.0 Å². The maximum absolute atomic E-state index is 13.3. The summed E-state index contributed by atoms with van der Waals surface area (Å²) in [6.07, 6.45) is 0. The van der Waals surface area contributed by atoms with Crippen LogP contribution in [0.4, 0.5) is 11.4 Å². The Hall–Kier alpha value is -3.12. The molecule has 0 aliphatic rings. The minimum absolute atomic E-state index is 0.139. The zero-order valence-electron chi connectivity index (χ0n) is 16.7. The van der Waals surface area contributed by atoms with E-state index < -0.39 is 15.9 Å². The van der Waals surface area contributed by atoms with Crippen LogP contribution in [0.2, 0.25) is 0 Å². The summed E-state index contributed by atoms with van der Waals surface area (Å²) >= 11 is 0. The van der Waals surface area contributed by atoms with Crippen molar-refractivity contribution >= 4 is 27.3 Å². The fourth-order valence-corrected chi connectivity index (χ4v) is 4.51. The van der Waals surface area contributed by atoms with Crippen molar-refractivity contribution in [3.63, 3.8) is 0 Å². The summed E-state index contributed by atoms with van der Waals surface area (Å²) in [5.74, 6) is -0.400. The molecule has 3 rings (SSSR count). The second kappa shape index (κ2) is 8.49. The molecule has 0 aromatic heterocycles. The first-order valence-corrected chi connectivity index (χ1v) is 10.7. The molecule has 29 heavy (non-hydrogen) atoms. The Kier molecular flexibility index (Phi) is 6.03. The average molecular weight is 409 g/mol. The van der Waals surface area contributed by atoms with Crippen LogP contribution >= 0.6 is 0 Å². The van der Waals surface area contributed by atoms with Crippen molar-refractivity contribution in [1.82, 2.24) is 0 Å². The monoisotopic (exact) mass is 408 g/mol. The van der Waals surface area contributed by atoms with Gasteiger partial charge in [-0.05, 0) is 56.2 Å². The SMILES string of the molecule is Cc1ccc(N(CC(=O)Nc2c(C)cccc2C)S(=O)(=O)c2ccccc2)cc1. The molecule has 3 aromatic carbocycles. The van der Waals surface area contributed by atoms with Gasteiger partial charge in [-0.3, -0.25) is 9.10 Å². The van der Waals surface area contributed by atoms with Gasteiger partial charge in [0, 0.05) is 5.69 Å². The lowest BCUT2D eigenvalue weighted by Gasteiger charge is -2.24. The lowest BCUT2D eigenvalue weighted by atomic mass is 10.1. The van der Waals surface area contributed by atoms with Gasteiger partial charge >= 0.3 is 0 Å². The molecule has 0 atom stereocenters. The molecule has 0 aliphatic carbocycles. The van der Waals surface area contributed by atoms with Gasteiger partial charge in [0.2, 0.25) is 5.91 Å². The van der Waals surface area contributed by atoms with Gasteiger partial charge < -0.3 is 5.32 Å². The molecule has 0 spiro atoms. The van der Waals surface area contributed by atoms with Crippen LogP contribution in [0, 0.1) is 20.8 Å². The van der Waals surface area contributed by atoms with Gasteiger partial charge in [-0.15, -0.1) is 0 Å². The Morgan fingerprint density at radius 2 is 1.41 bits per heavy atom. The molecule has 6 heteroatoms. The number of rotatable bonds is 6. The molecule has 0 heterocycles.